The van der Waals surface area contributed by atoms with Crippen molar-refractivity contribution >= 4 is 76.9 Å². The maximum absolute atomic E-state index is 15.4. The molecular weight excluding hydrogens is 1230 g/mol. The first kappa shape index (κ1) is 86.0. The minimum Gasteiger partial charge on any atom is -0.480 e. The molecule has 544 valence electrons. The zero-order valence-corrected chi connectivity index (χ0v) is 61.8. The zero-order valence-electron chi connectivity index (χ0n) is 61.8. The predicted molar refractivity (Wildman–Crippen MR) is 359 cm³/mol. The quantitative estimate of drug-likeness (QED) is 0.0969. The lowest BCUT2D eigenvalue weighted by Crippen LogP contribution is -2.63. The summed E-state index contributed by atoms with van der Waals surface area (Å²) in [6, 6.07) is -15.9. The Kier molecular flexibility index (Phi) is 34.5. The van der Waals surface area contributed by atoms with Gasteiger partial charge in [-0.15, -0.1) is 0 Å². The second-order valence-electron chi connectivity index (χ2n) is 28.8. The third kappa shape index (κ3) is 23.7. The summed E-state index contributed by atoms with van der Waals surface area (Å²) >= 11 is 0. The van der Waals surface area contributed by atoms with E-state index in [4.69, 9.17) is 0 Å². The number of rotatable bonds is 19. The van der Waals surface area contributed by atoms with Crippen LogP contribution in [-0.2, 0) is 62.3 Å². The average molecular weight is 1350 g/mol. The van der Waals surface area contributed by atoms with Crippen LogP contribution in [-0.4, -0.2) is 272 Å². The van der Waals surface area contributed by atoms with Gasteiger partial charge in [-0.2, -0.15) is 0 Å². The van der Waals surface area contributed by atoms with Crippen LogP contribution in [0, 0.1) is 41.4 Å². The smallest absolute Gasteiger partial charge is 0.326 e. The molecule has 95 heavy (non-hydrogen) atoms. The molecule has 12 amide bonds. The molecule has 1 heterocycles. The van der Waals surface area contributed by atoms with Gasteiger partial charge >= 0.3 is 5.97 Å². The summed E-state index contributed by atoms with van der Waals surface area (Å²) in [5, 5.41) is 44.8. The van der Waals surface area contributed by atoms with E-state index >= 15 is 19.2 Å². The van der Waals surface area contributed by atoms with Crippen molar-refractivity contribution in [3.63, 3.8) is 0 Å². The minimum atomic E-state index is -1.91. The van der Waals surface area contributed by atoms with Crippen LogP contribution < -0.4 is 21.3 Å². The molecule has 0 aromatic carbocycles. The highest BCUT2D eigenvalue weighted by Gasteiger charge is 2.47. The summed E-state index contributed by atoms with van der Waals surface area (Å²) in [6.07, 6.45) is -3.48. The summed E-state index contributed by atoms with van der Waals surface area (Å²) in [4.78, 5) is 195. The first-order valence-electron chi connectivity index (χ1n) is 33.6. The molecule has 1 saturated heterocycles. The summed E-state index contributed by atoms with van der Waals surface area (Å²) in [5.41, 5.74) is 0. The number of carboxylic acid groups (broad SMARTS) is 1. The molecule has 1 aliphatic rings. The number of amides is 12. The Hall–Kier alpha value is -6.97. The summed E-state index contributed by atoms with van der Waals surface area (Å²) < 4.78 is 0. The largest absolute Gasteiger partial charge is 0.480 e. The van der Waals surface area contributed by atoms with Crippen LogP contribution in [0.5, 0.6) is 0 Å². The number of hydrogen-bond acceptors (Lipinski definition) is 15. The van der Waals surface area contributed by atoms with E-state index in [-0.39, 0.29) is 62.2 Å². The lowest BCUT2D eigenvalue weighted by atomic mass is 9.88. The van der Waals surface area contributed by atoms with Crippen molar-refractivity contribution in [3.05, 3.63) is 0 Å². The standard InChI is InChI=1S/C67H120N12O16/c1-27-46-62(89)72(20)33-52(82)73(21)47(28-34(2)3)59(86)71-53(38(10)11)65(92)74(22)48(29-35(4)5)58(85)68-41(15)57(84)69-42(16)61(88)75(23)49(30-36(6)7)63(90)76(24)50(31-37(8)9)64(91)77(25)54(39(12)13)66(93)78(26)55(60(87)70-46)56(83)40(14)32-51(81)43(17)79(45(19)80)44(18)67(94)95/h34-44,46-51,53-56,81,83H,27-33H2,1-26H3,(H,68,85)(H,69,84)(H,70,87)(H,71,86)(H,94,95)/t40-,41+,42+,43?,44?,46+,47+,48+,49+,50+,51?,53+,54?,55?,56-/m1/s1. The van der Waals surface area contributed by atoms with E-state index in [0.717, 1.165) is 31.4 Å². The lowest BCUT2D eigenvalue weighted by Gasteiger charge is -2.42. The Morgan fingerprint density at radius 2 is 0.895 bits per heavy atom. The molecule has 28 heteroatoms. The molecule has 0 bridgehead atoms. The predicted octanol–water partition coefficient (Wildman–Crippen LogP) is 1.76. The monoisotopic (exact) mass is 1350 g/mol. The molecule has 0 aliphatic carbocycles. The number of likely N-dealkylation sites (N-methyl/N-ethyl adjacent to an activating group) is 7. The molecule has 1 fully saturated rings. The third-order valence-electron chi connectivity index (χ3n) is 18.1. The van der Waals surface area contributed by atoms with Gasteiger partial charge in [0, 0.05) is 56.3 Å². The van der Waals surface area contributed by atoms with Gasteiger partial charge in [0.25, 0.3) is 0 Å². The maximum atomic E-state index is 15.4. The number of nitrogens with one attached hydrogen (secondary N) is 4. The van der Waals surface area contributed by atoms with E-state index < -0.39 is 186 Å². The molecule has 5 unspecified atom stereocenters. The van der Waals surface area contributed by atoms with Crippen molar-refractivity contribution in [3.8, 4) is 0 Å². The normalized spacial score (nSPS) is 26.2. The Morgan fingerprint density at radius 3 is 1.33 bits per heavy atom. The van der Waals surface area contributed by atoms with Crippen LogP contribution in [0.1, 0.15) is 170 Å². The first-order valence-corrected chi connectivity index (χ1v) is 33.6. The highest BCUT2D eigenvalue weighted by Crippen LogP contribution is 2.27. The Morgan fingerprint density at radius 1 is 0.484 bits per heavy atom. The minimum absolute atomic E-state index is 0.0628. The Balaban J connectivity index is 4.46. The lowest BCUT2D eigenvalue weighted by molar-refractivity contribution is -0.158. The van der Waals surface area contributed by atoms with Gasteiger partial charge in [-0.05, 0) is 108 Å². The second-order valence-corrected chi connectivity index (χ2v) is 28.8. The molecule has 1 aliphatic heterocycles. The van der Waals surface area contributed by atoms with Crippen LogP contribution in [0.2, 0.25) is 0 Å². The number of hydrogen-bond donors (Lipinski definition) is 7. The third-order valence-corrected chi connectivity index (χ3v) is 18.1. The van der Waals surface area contributed by atoms with Crippen molar-refractivity contribution in [2.75, 3.05) is 55.9 Å². The SMILES string of the molecule is CC[C@@H]1NC(=O)C([C@H](O)[C@H](C)CC(O)C(C)N(C(C)=O)C(C)C(=O)O)N(C)C(=O)C(C(C)C)N(C)C(=O)[C@H](CC(C)C)N(C)C(=O)[C@H](CC(C)C)N(C)C(=O)[C@H](C)NC(=O)[C@H](C)NC(=O)[C@H](CC(C)C)N(C)C(=O)[C@H](C(C)C)NC(=O)[C@H](CC(C)C)N(C)C(=O)CN(C)C1=O. The second kappa shape index (κ2) is 38.1. The molecule has 0 radical (unpaired) electrons. The fourth-order valence-corrected chi connectivity index (χ4v) is 12.1. The highest BCUT2D eigenvalue weighted by molar-refractivity contribution is 5.99. The van der Waals surface area contributed by atoms with E-state index in [9.17, 15) is 58.5 Å². The van der Waals surface area contributed by atoms with E-state index in [1.807, 2.05) is 55.4 Å². The van der Waals surface area contributed by atoms with Crippen molar-refractivity contribution in [2.24, 2.45) is 41.4 Å². The summed E-state index contributed by atoms with van der Waals surface area (Å²) in [6.45, 7) is 30.4. The summed E-state index contributed by atoms with van der Waals surface area (Å²) in [7, 11) is 9.47. The van der Waals surface area contributed by atoms with Gasteiger partial charge < -0.3 is 75.8 Å². The average Bonchev–Trinajstić information content (AvgIpc) is 0.810. The highest BCUT2D eigenvalue weighted by atomic mass is 16.4. The van der Waals surface area contributed by atoms with E-state index in [1.165, 1.54) is 98.7 Å². The zero-order chi connectivity index (χ0) is 74.0. The van der Waals surface area contributed by atoms with Gasteiger partial charge in [-0.1, -0.05) is 96.9 Å². The van der Waals surface area contributed by atoms with Gasteiger partial charge in [0.05, 0.1) is 24.8 Å². The number of aliphatic hydroxyl groups is 2. The van der Waals surface area contributed by atoms with E-state index in [0.29, 0.717) is 0 Å². The number of carboxylic acids is 1. The molecule has 1 rings (SSSR count). The fourth-order valence-electron chi connectivity index (χ4n) is 12.1. The van der Waals surface area contributed by atoms with Gasteiger partial charge in [0.2, 0.25) is 70.9 Å². The van der Waals surface area contributed by atoms with Crippen LogP contribution in [0.15, 0.2) is 0 Å². The van der Waals surface area contributed by atoms with Gasteiger partial charge in [-0.25, -0.2) is 4.79 Å². The van der Waals surface area contributed by atoms with Crippen molar-refractivity contribution in [1.29, 1.82) is 0 Å². The molecule has 15 atom stereocenters. The Labute approximate surface area is 565 Å². The van der Waals surface area contributed by atoms with Gasteiger partial charge in [-0.3, -0.25) is 57.5 Å². The van der Waals surface area contributed by atoms with Crippen molar-refractivity contribution < 1.29 is 77.6 Å². The number of nitrogens with zero attached hydrogens (tertiary/aromatic N) is 8. The van der Waals surface area contributed by atoms with Gasteiger partial charge in [0.1, 0.15) is 66.5 Å². The first-order chi connectivity index (χ1) is 43.6. The topological polar surface area (TPSA) is 357 Å². The van der Waals surface area contributed by atoms with E-state index in [2.05, 4.69) is 21.3 Å². The van der Waals surface area contributed by atoms with Crippen molar-refractivity contribution in [2.45, 2.75) is 255 Å². The van der Waals surface area contributed by atoms with Crippen molar-refractivity contribution in [1.82, 2.24) is 60.5 Å². The number of carbonyl (C=O) groups excluding carboxylic acids is 12. The molecular formula is C67H120N12O16. The van der Waals surface area contributed by atoms with Crippen LogP contribution >= 0.6 is 0 Å². The van der Waals surface area contributed by atoms with Crippen LogP contribution in [0.3, 0.4) is 0 Å². The van der Waals surface area contributed by atoms with Gasteiger partial charge in [0.15, 0.2) is 0 Å². The molecule has 7 N–H and O–H groups in total. The Bertz CT molecular complexity index is 2670. The number of aliphatic carboxylic acids is 1. The number of carbonyl (C=O) groups is 13. The van der Waals surface area contributed by atoms with Crippen LogP contribution in [0.25, 0.3) is 0 Å². The molecule has 0 spiro atoms. The number of aliphatic hydroxyl groups excluding tert-OH is 2. The summed E-state index contributed by atoms with van der Waals surface area (Å²) in [5.74, 6) is -13.6. The molecule has 28 nitrogen and oxygen atoms in total. The fraction of sp³-hybridized carbons (Fsp3) is 0.806. The molecule has 0 aromatic rings. The van der Waals surface area contributed by atoms with E-state index in [1.54, 1.807) is 34.6 Å². The molecule has 0 aromatic heterocycles. The van der Waals surface area contributed by atoms with Crippen LogP contribution in [0.4, 0.5) is 0 Å². The maximum Gasteiger partial charge on any atom is 0.326 e. The molecule has 0 saturated carbocycles.